The van der Waals surface area contributed by atoms with Crippen molar-refractivity contribution in [2.75, 3.05) is 13.2 Å². The SMILES string of the molecule is CCCCCCCCOC(=O)COc1ccccc1. The Hall–Kier alpha value is -1.51. The van der Waals surface area contributed by atoms with Crippen LogP contribution in [0.3, 0.4) is 0 Å². The monoisotopic (exact) mass is 264 g/mol. The Balaban J connectivity index is 1.96. The molecule has 0 unspecified atom stereocenters. The lowest BCUT2D eigenvalue weighted by Gasteiger charge is -2.06. The van der Waals surface area contributed by atoms with Crippen LogP contribution in [0.15, 0.2) is 30.3 Å². The van der Waals surface area contributed by atoms with Crippen LogP contribution in [0.5, 0.6) is 5.75 Å². The number of esters is 1. The van der Waals surface area contributed by atoms with Crippen molar-refractivity contribution in [3.63, 3.8) is 0 Å². The van der Waals surface area contributed by atoms with Crippen molar-refractivity contribution >= 4 is 5.97 Å². The molecule has 1 aromatic carbocycles. The van der Waals surface area contributed by atoms with Crippen LogP contribution in [-0.4, -0.2) is 19.2 Å². The summed E-state index contributed by atoms with van der Waals surface area (Å²) < 4.78 is 10.4. The first-order chi connectivity index (χ1) is 9.33. The van der Waals surface area contributed by atoms with Crippen LogP contribution in [0.4, 0.5) is 0 Å². The number of benzene rings is 1. The molecule has 19 heavy (non-hydrogen) atoms. The van der Waals surface area contributed by atoms with Gasteiger partial charge in [0, 0.05) is 0 Å². The first-order valence-corrected chi connectivity index (χ1v) is 7.16. The third-order valence-electron chi connectivity index (χ3n) is 2.86. The van der Waals surface area contributed by atoms with Crippen molar-refractivity contribution in [3.05, 3.63) is 30.3 Å². The molecule has 0 aliphatic heterocycles. The number of rotatable bonds is 10. The van der Waals surface area contributed by atoms with E-state index in [9.17, 15) is 4.79 Å². The highest BCUT2D eigenvalue weighted by atomic mass is 16.6. The number of hydrogen-bond acceptors (Lipinski definition) is 3. The second kappa shape index (κ2) is 10.4. The molecule has 0 amide bonds. The molecule has 1 aromatic rings. The van der Waals surface area contributed by atoms with Crippen molar-refractivity contribution in [1.82, 2.24) is 0 Å². The first kappa shape index (κ1) is 15.5. The van der Waals surface area contributed by atoms with Gasteiger partial charge in [-0.1, -0.05) is 57.2 Å². The van der Waals surface area contributed by atoms with Gasteiger partial charge in [-0.25, -0.2) is 4.79 Å². The fourth-order valence-electron chi connectivity index (χ4n) is 1.77. The van der Waals surface area contributed by atoms with Gasteiger partial charge in [-0.3, -0.25) is 0 Å². The van der Waals surface area contributed by atoms with Crippen LogP contribution < -0.4 is 4.74 Å². The second-order valence-corrected chi connectivity index (χ2v) is 4.59. The predicted molar refractivity (Wildman–Crippen MR) is 76.3 cm³/mol. The summed E-state index contributed by atoms with van der Waals surface area (Å²) in [7, 11) is 0. The van der Waals surface area contributed by atoms with Crippen molar-refractivity contribution in [2.45, 2.75) is 45.4 Å². The number of carbonyl (C=O) groups excluding carboxylic acids is 1. The number of carbonyl (C=O) groups is 1. The lowest BCUT2D eigenvalue weighted by molar-refractivity contribution is -0.146. The lowest BCUT2D eigenvalue weighted by atomic mass is 10.1. The molecule has 0 radical (unpaired) electrons. The summed E-state index contributed by atoms with van der Waals surface area (Å²) in [5.74, 6) is 0.399. The van der Waals surface area contributed by atoms with Gasteiger partial charge in [-0.05, 0) is 18.6 Å². The van der Waals surface area contributed by atoms with Crippen molar-refractivity contribution < 1.29 is 14.3 Å². The minimum absolute atomic E-state index is 0.0140. The van der Waals surface area contributed by atoms with E-state index in [1.54, 1.807) is 0 Å². The second-order valence-electron chi connectivity index (χ2n) is 4.59. The minimum atomic E-state index is -0.294. The van der Waals surface area contributed by atoms with Gasteiger partial charge < -0.3 is 9.47 Å². The average molecular weight is 264 g/mol. The topological polar surface area (TPSA) is 35.5 Å². The molecule has 0 saturated heterocycles. The summed E-state index contributed by atoms with van der Waals surface area (Å²) in [6, 6.07) is 9.29. The van der Waals surface area contributed by atoms with E-state index in [4.69, 9.17) is 9.47 Å². The summed E-state index contributed by atoms with van der Waals surface area (Å²) in [5, 5.41) is 0. The van der Waals surface area contributed by atoms with Crippen LogP contribution in [0.2, 0.25) is 0 Å². The molecule has 3 nitrogen and oxygen atoms in total. The molecule has 106 valence electrons. The van der Waals surface area contributed by atoms with E-state index in [1.165, 1.54) is 25.7 Å². The Bertz CT molecular complexity index is 335. The van der Waals surface area contributed by atoms with E-state index in [0.29, 0.717) is 12.4 Å². The van der Waals surface area contributed by atoms with Gasteiger partial charge in [0.15, 0.2) is 6.61 Å². The summed E-state index contributed by atoms with van der Waals surface area (Å²) in [6.45, 7) is 2.69. The van der Waals surface area contributed by atoms with E-state index in [0.717, 1.165) is 12.8 Å². The Morgan fingerprint density at radius 1 is 1.00 bits per heavy atom. The van der Waals surface area contributed by atoms with E-state index in [1.807, 2.05) is 30.3 Å². The van der Waals surface area contributed by atoms with E-state index in [-0.39, 0.29) is 12.6 Å². The maximum Gasteiger partial charge on any atom is 0.344 e. The largest absolute Gasteiger partial charge is 0.482 e. The molecule has 0 N–H and O–H groups in total. The number of unbranched alkanes of at least 4 members (excludes halogenated alkanes) is 5. The third kappa shape index (κ3) is 8.25. The predicted octanol–water partition coefficient (Wildman–Crippen LogP) is 3.97. The zero-order valence-electron chi connectivity index (χ0n) is 11.8. The zero-order chi connectivity index (χ0) is 13.8. The fourth-order valence-corrected chi connectivity index (χ4v) is 1.77. The average Bonchev–Trinajstić information content (AvgIpc) is 2.45. The van der Waals surface area contributed by atoms with Gasteiger partial charge >= 0.3 is 5.97 Å². The van der Waals surface area contributed by atoms with Crippen molar-refractivity contribution in [3.8, 4) is 5.75 Å². The maximum atomic E-state index is 11.4. The van der Waals surface area contributed by atoms with Crippen LogP contribution >= 0.6 is 0 Å². The van der Waals surface area contributed by atoms with Gasteiger partial charge in [-0.2, -0.15) is 0 Å². The molecule has 0 spiro atoms. The Morgan fingerprint density at radius 2 is 1.68 bits per heavy atom. The van der Waals surface area contributed by atoms with Crippen LogP contribution in [0.1, 0.15) is 45.4 Å². The normalized spacial score (nSPS) is 10.2. The molecule has 0 heterocycles. The highest BCUT2D eigenvalue weighted by Gasteiger charge is 2.03. The smallest absolute Gasteiger partial charge is 0.344 e. The Labute approximate surface area is 115 Å². The minimum Gasteiger partial charge on any atom is -0.482 e. The molecule has 0 atom stereocenters. The van der Waals surface area contributed by atoms with Crippen molar-refractivity contribution in [2.24, 2.45) is 0 Å². The molecule has 0 aliphatic rings. The van der Waals surface area contributed by atoms with Gasteiger partial charge in [0.05, 0.1) is 6.61 Å². The molecule has 0 aliphatic carbocycles. The van der Waals surface area contributed by atoms with Gasteiger partial charge in [-0.15, -0.1) is 0 Å². The molecular formula is C16H24O3. The first-order valence-electron chi connectivity index (χ1n) is 7.16. The summed E-state index contributed by atoms with van der Waals surface area (Å²) in [4.78, 5) is 11.4. The van der Waals surface area contributed by atoms with E-state index in [2.05, 4.69) is 6.92 Å². The molecule has 0 bridgehead atoms. The maximum absolute atomic E-state index is 11.4. The standard InChI is InChI=1S/C16H24O3/c1-2-3-4-5-6-10-13-18-16(17)14-19-15-11-8-7-9-12-15/h7-9,11-12H,2-6,10,13-14H2,1H3. The number of para-hydroxylation sites is 1. The molecule has 0 saturated carbocycles. The highest BCUT2D eigenvalue weighted by molar-refractivity contribution is 5.71. The molecular weight excluding hydrogens is 240 g/mol. The molecule has 3 heteroatoms. The molecule has 1 rings (SSSR count). The van der Waals surface area contributed by atoms with Gasteiger partial charge in [0.1, 0.15) is 5.75 Å². The summed E-state index contributed by atoms with van der Waals surface area (Å²) in [5.41, 5.74) is 0. The summed E-state index contributed by atoms with van der Waals surface area (Å²) >= 11 is 0. The highest BCUT2D eigenvalue weighted by Crippen LogP contribution is 2.08. The summed E-state index contributed by atoms with van der Waals surface area (Å²) in [6.07, 6.45) is 7.14. The molecule has 0 aromatic heterocycles. The third-order valence-corrected chi connectivity index (χ3v) is 2.86. The van der Waals surface area contributed by atoms with Crippen LogP contribution in [0, 0.1) is 0 Å². The van der Waals surface area contributed by atoms with E-state index < -0.39 is 0 Å². The number of hydrogen-bond donors (Lipinski definition) is 0. The zero-order valence-corrected chi connectivity index (χ0v) is 11.8. The van der Waals surface area contributed by atoms with Crippen LogP contribution in [-0.2, 0) is 9.53 Å². The number of ether oxygens (including phenoxy) is 2. The fraction of sp³-hybridized carbons (Fsp3) is 0.562. The van der Waals surface area contributed by atoms with Gasteiger partial charge in [0.2, 0.25) is 0 Å². The van der Waals surface area contributed by atoms with Gasteiger partial charge in [0.25, 0.3) is 0 Å². The quantitative estimate of drug-likeness (QED) is 0.474. The van der Waals surface area contributed by atoms with Crippen molar-refractivity contribution in [1.29, 1.82) is 0 Å². The molecule has 0 fully saturated rings. The Kier molecular flexibility index (Phi) is 8.52. The Morgan fingerprint density at radius 3 is 2.42 bits per heavy atom. The van der Waals surface area contributed by atoms with Crippen LogP contribution in [0.25, 0.3) is 0 Å². The van der Waals surface area contributed by atoms with E-state index >= 15 is 0 Å². The lowest BCUT2D eigenvalue weighted by Crippen LogP contribution is -2.15.